The molecule has 0 heterocycles. The SMILES string of the molecule is C#CCC(CC=CCC)CC1CC[C@@]2(C)C(CC[C@@H]2[C@H](C)CCCC(C)C)[C@]1(O)CC=C. The van der Waals surface area contributed by atoms with Crippen molar-refractivity contribution >= 4 is 0 Å². The third-order valence-corrected chi connectivity index (χ3v) is 9.25. The number of fused-ring (bicyclic) bond motifs is 1. The molecule has 7 atom stereocenters. The maximum Gasteiger partial charge on any atom is 0.0743 e. The summed E-state index contributed by atoms with van der Waals surface area (Å²) in [5, 5.41) is 12.3. The Morgan fingerprint density at radius 1 is 1.16 bits per heavy atom. The van der Waals surface area contributed by atoms with Gasteiger partial charge in [-0.2, -0.15) is 0 Å². The van der Waals surface area contributed by atoms with Crippen LogP contribution in [-0.2, 0) is 0 Å². The highest BCUT2D eigenvalue weighted by Crippen LogP contribution is 2.64. The van der Waals surface area contributed by atoms with Gasteiger partial charge in [-0.15, -0.1) is 18.9 Å². The molecule has 2 fully saturated rings. The quantitative estimate of drug-likeness (QED) is 0.224. The maximum atomic E-state index is 12.3. The predicted octanol–water partition coefficient (Wildman–Crippen LogP) is 8.58. The van der Waals surface area contributed by atoms with Crippen LogP contribution in [0.2, 0.25) is 0 Å². The van der Waals surface area contributed by atoms with E-state index in [-0.39, 0.29) is 5.41 Å². The molecular weight excluding hydrogens is 388 g/mol. The van der Waals surface area contributed by atoms with Gasteiger partial charge in [0.1, 0.15) is 0 Å². The molecule has 0 aromatic heterocycles. The van der Waals surface area contributed by atoms with Gasteiger partial charge in [0.2, 0.25) is 0 Å². The van der Waals surface area contributed by atoms with E-state index >= 15 is 0 Å². The second kappa shape index (κ2) is 12.5. The molecule has 182 valence electrons. The van der Waals surface area contributed by atoms with Gasteiger partial charge in [0.05, 0.1) is 5.60 Å². The van der Waals surface area contributed by atoms with Gasteiger partial charge in [-0.05, 0) is 92.3 Å². The largest absolute Gasteiger partial charge is 0.389 e. The van der Waals surface area contributed by atoms with Crippen LogP contribution < -0.4 is 0 Å². The third-order valence-electron chi connectivity index (χ3n) is 9.25. The Hall–Kier alpha value is -1.00. The Morgan fingerprint density at radius 2 is 1.91 bits per heavy atom. The van der Waals surface area contributed by atoms with Crippen LogP contribution in [0.25, 0.3) is 0 Å². The van der Waals surface area contributed by atoms with Crippen molar-refractivity contribution in [3.63, 3.8) is 0 Å². The van der Waals surface area contributed by atoms with E-state index in [0.717, 1.165) is 56.3 Å². The van der Waals surface area contributed by atoms with Gasteiger partial charge in [-0.25, -0.2) is 0 Å². The lowest BCUT2D eigenvalue weighted by Crippen LogP contribution is -2.55. The average Bonchev–Trinajstić information content (AvgIpc) is 3.09. The zero-order valence-corrected chi connectivity index (χ0v) is 21.9. The molecule has 0 aliphatic heterocycles. The zero-order chi connectivity index (χ0) is 23.8. The van der Waals surface area contributed by atoms with Crippen molar-refractivity contribution in [2.45, 2.75) is 117 Å². The fourth-order valence-corrected chi connectivity index (χ4v) is 7.60. The van der Waals surface area contributed by atoms with Crippen molar-refractivity contribution in [2.75, 3.05) is 0 Å². The van der Waals surface area contributed by atoms with E-state index in [4.69, 9.17) is 6.42 Å². The Morgan fingerprint density at radius 3 is 2.53 bits per heavy atom. The molecule has 0 spiro atoms. The summed E-state index contributed by atoms with van der Waals surface area (Å²) in [6, 6.07) is 0. The van der Waals surface area contributed by atoms with Crippen LogP contribution in [0, 0.1) is 53.3 Å². The zero-order valence-electron chi connectivity index (χ0n) is 21.9. The number of rotatable bonds is 13. The molecule has 1 heteroatoms. The number of aliphatic hydroxyl groups is 1. The van der Waals surface area contributed by atoms with E-state index in [0.29, 0.717) is 17.8 Å². The van der Waals surface area contributed by atoms with Crippen LogP contribution in [0.15, 0.2) is 24.8 Å². The van der Waals surface area contributed by atoms with Gasteiger partial charge in [0.15, 0.2) is 0 Å². The smallest absolute Gasteiger partial charge is 0.0743 e. The summed E-state index contributed by atoms with van der Waals surface area (Å²) < 4.78 is 0. The minimum absolute atomic E-state index is 0.259. The first-order valence-corrected chi connectivity index (χ1v) is 13.6. The molecule has 2 aliphatic carbocycles. The Kier molecular flexibility index (Phi) is 10.6. The van der Waals surface area contributed by atoms with Gasteiger partial charge in [0.25, 0.3) is 0 Å². The number of terminal acetylenes is 1. The highest BCUT2D eigenvalue weighted by Gasteiger charge is 2.60. The summed E-state index contributed by atoms with van der Waals surface area (Å²) in [7, 11) is 0. The summed E-state index contributed by atoms with van der Waals surface area (Å²) >= 11 is 0. The minimum Gasteiger partial charge on any atom is -0.389 e. The van der Waals surface area contributed by atoms with Crippen molar-refractivity contribution in [3.8, 4) is 12.3 Å². The Labute approximate surface area is 200 Å². The molecule has 0 saturated heterocycles. The van der Waals surface area contributed by atoms with Crippen LogP contribution in [-0.4, -0.2) is 10.7 Å². The molecule has 0 bridgehead atoms. The highest BCUT2D eigenvalue weighted by molar-refractivity contribution is 5.12. The third kappa shape index (κ3) is 6.32. The van der Waals surface area contributed by atoms with E-state index in [2.05, 4.69) is 59.3 Å². The van der Waals surface area contributed by atoms with Crippen molar-refractivity contribution in [3.05, 3.63) is 24.8 Å². The van der Waals surface area contributed by atoms with Crippen molar-refractivity contribution < 1.29 is 5.11 Å². The minimum atomic E-state index is -0.623. The lowest BCUT2D eigenvalue weighted by atomic mass is 9.52. The van der Waals surface area contributed by atoms with E-state index in [9.17, 15) is 5.11 Å². The van der Waals surface area contributed by atoms with E-state index in [1.54, 1.807) is 0 Å². The number of hydrogen-bond donors (Lipinski definition) is 1. The Bertz CT molecular complexity index is 639. The van der Waals surface area contributed by atoms with Gasteiger partial charge >= 0.3 is 0 Å². The molecule has 0 amide bonds. The molecule has 3 unspecified atom stereocenters. The number of hydrogen-bond acceptors (Lipinski definition) is 1. The van der Waals surface area contributed by atoms with Gasteiger partial charge < -0.3 is 5.11 Å². The molecular formula is C31H52O. The van der Waals surface area contributed by atoms with Gasteiger partial charge in [0, 0.05) is 6.42 Å². The normalized spacial score (nSPS) is 34.4. The van der Waals surface area contributed by atoms with E-state index < -0.39 is 5.60 Å². The van der Waals surface area contributed by atoms with Crippen LogP contribution >= 0.6 is 0 Å². The fraction of sp³-hybridized carbons (Fsp3) is 0.806. The van der Waals surface area contributed by atoms with Crippen LogP contribution in [0.1, 0.15) is 112 Å². The van der Waals surface area contributed by atoms with Gasteiger partial charge in [-0.1, -0.05) is 72.1 Å². The highest BCUT2D eigenvalue weighted by atomic mass is 16.3. The molecule has 32 heavy (non-hydrogen) atoms. The predicted molar refractivity (Wildman–Crippen MR) is 140 cm³/mol. The molecule has 0 radical (unpaired) electrons. The summed E-state index contributed by atoms with van der Waals surface area (Å²) in [5.41, 5.74) is -0.363. The van der Waals surface area contributed by atoms with E-state index in [1.165, 1.54) is 38.5 Å². The number of allylic oxidation sites excluding steroid dienone is 2. The summed E-state index contributed by atoms with van der Waals surface area (Å²) in [6.07, 6.45) is 25.8. The first kappa shape index (κ1) is 27.2. The fourth-order valence-electron chi connectivity index (χ4n) is 7.60. The second-order valence-corrected chi connectivity index (χ2v) is 11.9. The Balaban J connectivity index is 2.17. The first-order valence-electron chi connectivity index (χ1n) is 13.6. The molecule has 2 saturated carbocycles. The standard InChI is InChI=1S/C31H52O/c1-8-11-12-17-26(14-9-2)23-27-20-22-30(7)28(25(6)16-13-15-24(4)5)18-19-29(30)31(27,32)21-10-3/h2,10-12,24-29,32H,3,8,13-23H2,1,4-7H3/t25-,26?,27?,28-,29?,30-,31+/m1/s1. The lowest BCUT2D eigenvalue weighted by molar-refractivity contribution is -0.150. The van der Waals surface area contributed by atoms with Gasteiger partial charge in [-0.3, -0.25) is 0 Å². The molecule has 2 rings (SSSR count). The van der Waals surface area contributed by atoms with Crippen LogP contribution in [0.4, 0.5) is 0 Å². The van der Waals surface area contributed by atoms with Crippen molar-refractivity contribution in [1.82, 2.24) is 0 Å². The topological polar surface area (TPSA) is 20.2 Å². The monoisotopic (exact) mass is 440 g/mol. The summed E-state index contributed by atoms with van der Waals surface area (Å²) in [6.45, 7) is 15.9. The van der Waals surface area contributed by atoms with Crippen molar-refractivity contribution in [1.29, 1.82) is 0 Å². The van der Waals surface area contributed by atoms with E-state index in [1.807, 2.05) is 6.08 Å². The molecule has 0 aromatic rings. The second-order valence-electron chi connectivity index (χ2n) is 11.9. The summed E-state index contributed by atoms with van der Waals surface area (Å²) in [4.78, 5) is 0. The molecule has 0 aromatic carbocycles. The summed E-state index contributed by atoms with van der Waals surface area (Å²) in [5.74, 6) is 6.40. The van der Waals surface area contributed by atoms with Crippen LogP contribution in [0.3, 0.4) is 0 Å². The maximum absolute atomic E-state index is 12.3. The lowest BCUT2D eigenvalue weighted by Gasteiger charge is -2.55. The van der Waals surface area contributed by atoms with Crippen molar-refractivity contribution in [2.24, 2.45) is 40.9 Å². The van der Waals surface area contributed by atoms with Crippen LogP contribution in [0.5, 0.6) is 0 Å². The molecule has 2 aliphatic rings. The molecule has 1 nitrogen and oxygen atoms in total. The molecule has 1 N–H and O–H groups in total. The first-order chi connectivity index (χ1) is 15.2. The average molecular weight is 441 g/mol.